The Balaban J connectivity index is 1.71. The van der Waals surface area contributed by atoms with Crippen LogP contribution in [0.3, 0.4) is 0 Å². The zero-order valence-corrected chi connectivity index (χ0v) is 17.0. The minimum absolute atomic E-state index is 0.189. The van der Waals surface area contributed by atoms with Gasteiger partial charge < -0.3 is 10.1 Å². The van der Waals surface area contributed by atoms with Crippen molar-refractivity contribution in [3.8, 4) is 28.3 Å². The van der Waals surface area contributed by atoms with Crippen LogP contribution in [0.25, 0.3) is 38.8 Å². The van der Waals surface area contributed by atoms with Gasteiger partial charge in [0.25, 0.3) is 5.56 Å². The third-order valence-corrected chi connectivity index (χ3v) is 5.52. The van der Waals surface area contributed by atoms with Crippen molar-refractivity contribution in [1.82, 2.24) is 14.6 Å². The van der Waals surface area contributed by atoms with Gasteiger partial charge in [0.15, 0.2) is 0 Å². The second kappa shape index (κ2) is 7.22. The molecule has 5 rings (SSSR count). The van der Waals surface area contributed by atoms with Crippen LogP contribution in [0.5, 0.6) is 0 Å². The molecule has 0 saturated carbocycles. The fourth-order valence-corrected chi connectivity index (χ4v) is 3.91. The van der Waals surface area contributed by atoms with Gasteiger partial charge in [0.1, 0.15) is 5.65 Å². The van der Waals surface area contributed by atoms with E-state index in [1.807, 2.05) is 31.2 Å². The highest BCUT2D eigenvalue weighted by atomic mass is 16.4. The molecule has 2 N–H and O–H groups in total. The maximum Gasteiger partial charge on any atom is 0.335 e. The molecule has 0 unspecified atom stereocenters. The van der Waals surface area contributed by atoms with Crippen LogP contribution in [0.15, 0.2) is 71.5 Å². The minimum atomic E-state index is -0.997. The molecule has 0 amide bonds. The summed E-state index contributed by atoms with van der Waals surface area (Å²) in [6.07, 6.45) is 0. The van der Waals surface area contributed by atoms with E-state index in [2.05, 4.69) is 16.2 Å². The average molecular weight is 420 g/mol. The Morgan fingerprint density at radius 1 is 1.00 bits per heavy atom. The number of fused-ring (bicyclic) bond motifs is 2. The first kappa shape index (κ1) is 19.3. The molecule has 32 heavy (non-hydrogen) atoms. The Kier molecular flexibility index (Phi) is 4.35. The zero-order chi connectivity index (χ0) is 22.4. The molecule has 0 aliphatic rings. The summed E-state index contributed by atoms with van der Waals surface area (Å²) in [7, 11) is 0. The third-order valence-electron chi connectivity index (χ3n) is 5.52. The van der Waals surface area contributed by atoms with E-state index in [0.717, 1.165) is 22.3 Å². The van der Waals surface area contributed by atoms with Crippen molar-refractivity contribution in [2.45, 2.75) is 6.92 Å². The maximum atomic E-state index is 13.1. The van der Waals surface area contributed by atoms with Crippen molar-refractivity contribution >= 4 is 22.5 Å². The van der Waals surface area contributed by atoms with Gasteiger partial charge in [-0.15, -0.1) is 0 Å². The second-order valence-electron chi connectivity index (χ2n) is 7.48. The van der Waals surface area contributed by atoms with Crippen molar-refractivity contribution in [2.75, 3.05) is 0 Å². The predicted molar refractivity (Wildman–Crippen MR) is 121 cm³/mol. The van der Waals surface area contributed by atoms with Gasteiger partial charge in [-0.2, -0.15) is 14.9 Å². The van der Waals surface area contributed by atoms with E-state index in [0.29, 0.717) is 27.8 Å². The smallest absolute Gasteiger partial charge is 0.335 e. The summed E-state index contributed by atoms with van der Waals surface area (Å²) in [6.45, 7) is 1.81. The number of rotatable bonds is 3. The van der Waals surface area contributed by atoms with E-state index in [4.69, 9.17) is 10.4 Å². The lowest BCUT2D eigenvalue weighted by Crippen LogP contribution is -2.15. The molecule has 2 aromatic heterocycles. The lowest BCUT2D eigenvalue weighted by Gasteiger charge is -2.07. The number of aromatic nitrogens is 3. The summed E-state index contributed by atoms with van der Waals surface area (Å²) in [4.78, 5) is 27.6. The fourth-order valence-electron chi connectivity index (χ4n) is 3.91. The Morgan fingerprint density at radius 2 is 1.66 bits per heavy atom. The predicted octanol–water partition coefficient (Wildman–Crippen LogP) is 4.39. The third kappa shape index (κ3) is 3.02. The van der Waals surface area contributed by atoms with Crippen molar-refractivity contribution in [3.05, 3.63) is 93.9 Å². The molecule has 5 aromatic rings. The summed E-state index contributed by atoms with van der Waals surface area (Å²) < 4.78 is 1.35. The molecule has 7 nitrogen and oxygen atoms in total. The molecular weight excluding hydrogens is 404 g/mol. The van der Waals surface area contributed by atoms with E-state index in [1.165, 1.54) is 16.6 Å². The normalized spacial score (nSPS) is 11.0. The lowest BCUT2D eigenvalue weighted by atomic mass is 10.0. The van der Waals surface area contributed by atoms with E-state index < -0.39 is 5.97 Å². The Morgan fingerprint density at radius 3 is 2.31 bits per heavy atom. The number of carbonyl (C=O) groups is 1. The van der Waals surface area contributed by atoms with Crippen LogP contribution in [0.1, 0.15) is 21.6 Å². The minimum Gasteiger partial charge on any atom is -0.478 e. The van der Waals surface area contributed by atoms with Crippen LogP contribution in [0, 0.1) is 18.3 Å². The van der Waals surface area contributed by atoms with Gasteiger partial charge >= 0.3 is 5.97 Å². The zero-order valence-electron chi connectivity index (χ0n) is 17.0. The summed E-state index contributed by atoms with van der Waals surface area (Å²) in [5.74, 6) is -0.997. The molecule has 0 bridgehead atoms. The van der Waals surface area contributed by atoms with Crippen LogP contribution in [-0.2, 0) is 0 Å². The highest BCUT2D eigenvalue weighted by Crippen LogP contribution is 2.29. The molecule has 0 spiro atoms. The van der Waals surface area contributed by atoms with E-state index in [-0.39, 0.29) is 11.1 Å². The number of hydrogen-bond donors (Lipinski definition) is 2. The maximum absolute atomic E-state index is 13.1. The number of carboxylic acids is 1. The Labute approximate surface area is 181 Å². The van der Waals surface area contributed by atoms with Crippen molar-refractivity contribution < 1.29 is 9.90 Å². The van der Waals surface area contributed by atoms with Gasteiger partial charge in [0.05, 0.1) is 33.8 Å². The fraction of sp³-hybridized carbons (Fsp3) is 0.0400. The van der Waals surface area contributed by atoms with Gasteiger partial charge in [-0.3, -0.25) is 4.79 Å². The van der Waals surface area contributed by atoms with Crippen LogP contribution < -0.4 is 5.56 Å². The van der Waals surface area contributed by atoms with Crippen LogP contribution >= 0.6 is 0 Å². The summed E-state index contributed by atoms with van der Waals surface area (Å²) in [6, 6.07) is 21.4. The molecule has 3 aromatic carbocycles. The second-order valence-corrected chi connectivity index (χ2v) is 7.48. The van der Waals surface area contributed by atoms with Gasteiger partial charge in [-0.25, -0.2) is 4.79 Å². The number of aromatic carboxylic acids is 1. The molecule has 0 fully saturated rings. The summed E-state index contributed by atoms with van der Waals surface area (Å²) in [5.41, 5.74) is 5.73. The van der Waals surface area contributed by atoms with E-state index in [1.54, 1.807) is 30.3 Å². The SMILES string of the molecule is Cc1nn2c(=O)c3ccc(-c4ccc(C#N)cc4)cc3[nH]c2c1-c1ccc(C(=O)O)cc1. The number of carboxylic acid groups (broad SMARTS) is 1. The van der Waals surface area contributed by atoms with Gasteiger partial charge in [0.2, 0.25) is 0 Å². The van der Waals surface area contributed by atoms with E-state index in [9.17, 15) is 9.59 Å². The molecule has 0 saturated heterocycles. The number of benzene rings is 3. The number of nitrogens with one attached hydrogen (secondary N) is 1. The van der Waals surface area contributed by atoms with E-state index >= 15 is 0 Å². The van der Waals surface area contributed by atoms with Crippen LogP contribution in [0.2, 0.25) is 0 Å². The topological polar surface area (TPSA) is 111 Å². The van der Waals surface area contributed by atoms with Crippen molar-refractivity contribution in [1.29, 1.82) is 5.26 Å². The number of aromatic amines is 1. The molecule has 0 aliphatic carbocycles. The molecule has 0 aliphatic heterocycles. The number of aryl methyl sites for hydroxylation is 1. The Bertz CT molecular complexity index is 1620. The number of H-pyrrole nitrogens is 1. The summed E-state index contributed by atoms with van der Waals surface area (Å²) >= 11 is 0. The molecule has 2 heterocycles. The highest BCUT2D eigenvalue weighted by Gasteiger charge is 2.17. The monoisotopic (exact) mass is 420 g/mol. The Hall–Kier alpha value is -4.70. The molecule has 7 heteroatoms. The van der Waals surface area contributed by atoms with Gasteiger partial charge in [0, 0.05) is 5.56 Å². The number of nitriles is 1. The van der Waals surface area contributed by atoms with Gasteiger partial charge in [-0.1, -0.05) is 30.3 Å². The number of nitrogens with zero attached hydrogens (tertiary/aromatic N) is 3. The quantitative estimate of drug-likeness (QED) is 0.450. The van der Waals surface area contributed by atoms with Crippen molar-refractivity contribution in [2.24, 2.45) is 0 Å². The molecule has 0 atom stereocenters. The summed E-state index contributed by atoms with van der Waals surface area (Å²) in [5, 5.41) is 23.1. The van der Waals surface area contributed by atoms with Crippen LogP contribution in [0.4, 0.5) is 0 Å². The largest absolute Gasteiger partial charge is 0.478 e. The average Bonchev–Trinajstić information content (AvgIpc) is 3.15. The highest BCUT2D eigenvalue weighted by molar-refractivity contribution is 5.91. The van der Waals surface area contributed by atoms with Crippen LogP contribution in [-0.4, -0.2) is 25.7 Å². The standard InChI is InChI=1S/C25H16N4O3/c1-14-22(17-6-8-18(9-7-17)25(31)32)23-27-21-12-19(16-4-2-15(13-26)3-5-16)10-11-20(21)24(30)29(23)28-14/h2-12,27H,1H3,(H,31,32). The molecule has 0 radical (unpaired) electrons. The number of hydrogen-bond acceptors (Lipinski definition) is 4. The first-order chi connectivity index (χ1) is 15.5. The lowest BCUT2D eigenvalue weighted by molar-refractivity contribution is 0.0697. The molecular formula is C25H16N4O3. The molecule has 154 valence electrons. The van der Waals surface area contributed by atoms with Gasteiger partial charge in [-0.05, 0) is 60.0 Å². The van der Waals surface area contributed by atoms with Crippen molar-refractivity contribution in [3.63, 3.8) is 0 Å². The first-order valence-electron chi connectivity index (χ1n) is 9.86. The first-order valence-corrected chi connectivity index (χ1v) is 9.86.